The van der Waals surface area contributed by atoms with Gasteiger partial charge >= 0.3 is 0 Å². The van der Waals surface area contributed by atoms with Crippen LogP contribution in [0.5, 0.6) is 5.75 Å². The molecule has 152 valence electrons. The van der Waals surface area contributed by atoms with Crippen molar-refractivity contribution in [3.63, 3.8) is 0 Å². The molecule has 3 aromatic rings. The number of hydrogen-bond acceptors (Lipinski definition) is 5. The van der Waals surface area contributed by atoms with E-state index in [4.69, 9.17) is 4.74 Å². The summed E-state index contributed by atoms with van der Waals surface area (Å²) < 4.78 is 33.0. The summed E-state index contributed by atoms with van der Waals surface area (Å²) in [7, 11) is -2.02. The second-order valence-electron chi connectivity index (χ2n) is 6.21. The molecule has 0 saturated heterocycles. The van der Waals surface area contributed by atoms with Crippen molar-refractivity contribution in [1.82, 2.24) is 9.78 Å². The molecule has 0 spiro atoms. The fraction of sp³-hybridized carbons (Fsp3) is 0.200. The Labute approximate surface area is 169 Å². The predicted molar refractivity (Wildman–Crippen MR) is 112 cm³/mol. The molecule has 1 amide bonds. The summed E-state index contributed by atoms with van der Waals surface area (Å²) >= 11 is 0. The van der Waals surface area contributed by atoms with E-state index in [2.05, 4.69) is 15.1 Å². The summed E-state index contributed by atoms with van der Waals surface area (Å²) in [5, 5.41) is 7.06. The monoisotopic (exact) mass is 414 g/mol. The quantitative estimate of drug-likeness (QED) is 0.590. The van der Waals surface area contributed by atoms with Gasteiger partial charge in [-0.15, -0.1) is 0 Å². The maximum Gasteiger partial charge on any atom is 0.253 e. The lowest BCUT2D eigenvalue weighted by Gasteiger charge is -2.19. The Balaban J connectivity index is 1.87. The zero-order valence-corrected chi connectivity index (χ0v) is 16.9. The molecule has 8 nitrogen and oxygen atoms in total. The summed E-state index contributed by atoms with van der Waals surface area (Å²) in [5.74, 6) is -0.0453. The average molecular weight is 414 g/mol. The van der Waals surface area contributed by atoms with E-state index in [0.717, 1.165) is 5.56 Å². The number of rotatable bonds is 8. The predicted octanol–water partition coefficient (Wildman–Crippen LogP) is 2.88. The van der Waals surface area contributed by atoms with E-state index in [1.54, 1.807) is 48.3 Å². The van der Waals surface area contributed by atoms with E-state index in [1.807, 2.05) is 30.3 Å². The summed E-state index contributed by atoms with van der Waals surface area (Å²) in [6.07, 6.45) is 3.33. The zero-order valence-electron chi connectivity index (χ0n) is 16.1. The van der Waals surface area contributed by atoms with Crippen molar-refractivity contribution in [2.75, 3.05) is 22.9 Å². The second kappa shape index (κ2) is 8.78. The van der Waals surface area contributed by atoms with Crippen molar-refractivity contribution >= 4 is 27.3 Å². The first-order chi connectivity index (χ1) is 13.9. The van der Waals surface area contributed by atoms with Crippen molar-refractivity contribution in [3.8, 4) is 5.75 Å². The Bertz CT molecular complexity index is 1070. The molecule has 29 heavy (non-hydrogen) atoms. The summed E-state index contributed by atoms with van der Waals surface area (Å²) in [4.78, 5) is 13.0. The molecular formula is C20H22N4O4S. The van der Waals surface area contributed by atoms with Crippen LogP contribution >= 0.6 is 0 Å². The van der Waals surface area contributed by atoms with Crippen LogP contribution in [0.15, 0.2) is 67.0 Å². The number of hydrogen-bond donors (Lipinski definition) is 2. The smallest absolute Gasteiger partial charge is 0.253 e. The molecule has 3 rings (SSSR count). The first kappa shape index (κ1) is 20.4. The van der Waals surface area contributed by atoms with Crippen molar-refractivity contribution in [2.45, 2.75) is 13.0 Å². The number of nitrogens with zero attached hydrogens (tertiary/aromatic N) is 2. The number of aromatic nitrogens is 2. The number of nitrogens with one attached hydrogen (secondary N) is 2. The number of methoxy groups -OCH3 is 1. The fourth-order valence-corrected chi connectivity index (χ4v) is 3.44. The van der Waals surface area contributed by atoms with Gasteiger partial charge in [-0.3, -0.25) is 14.2 Å². The second-order valence-corrected chi connectivity index (χ2v) is 8.22. The van der Waals surface area contributed by atoms with Crippen LogP contribution in [0.1, 0.15) is 18.5 Å². The van der Waals surface area contributed by atoms with Gasteiger partial charge in [0.05, 0.1) is 18.6 Å². The van der Waals surface area contributed by atoms with Gasteiger partial charge in [0.2, 0.25) is 10.0 Å². The number of carbonyl (C=O) groups is 1. The van der Waals surface area contributed by atoms with Gasteiger partial charge in [-0.25, -0.2) is 8.42 Å². The van der Waals surface area contributed by atoms with Crippen LogP contribution in [0, 0.1) is 0 Å². The lowest BCUT2D eigenvalue weighted by Crippen LogP contribution is -2.27. The first-order valence-electron chi connectivity index (χ1n) is 8.97. The van der Waals surface area contributed by atoms with E-state index in [1.165, 1.54) is 7.11 Å². The van der Waals surface area contributed by atoms with Gasteiger partial charge in [-0.05, 0) is 30.7 Å². The Morgan fingerprint density at radius 2 is 1.93 bits per heavy atom. The number of amides is 1. The third kappa shape index (κ3) is 4.94. The average Bonchev–Trinajstić information content (AvgIpc) is 3.24. The van der Waals surface area contributed by atoms with Gasteiger partial charge in [-0.1, -0.05) is 30.3 Å². The number of ether oxygens (including phenoxy) is 1. The van der Waals surface area contributed by atoms with Crippen LogP contribution in [0.4, 0.5) is 11.4 Å². The molecule has 0 aliphatic heterocycles. The van der Waals surface area contributed by atoms with E-state index in [-0.39, 0.29) is 11.7 Å². The minimum atomic E-state index is -3.45. The van der Waals surface area contributed by atoms with Crippen LogP contribution in [0.2, 0.25) is 0 Å². The van der Waals surface area contributed by atoms with Crippen LogP contribution in [-0.4, -0.2) is 37.0 Å². The van der Waals surface area contributed by atoms with Crippen molar-refractivity contribution in [2.24, 2.45) is 0 Å². The van der Waals surface area contributed by atoms with Gasteiger partial charge in [0.15, 0.2) is 6.04 Å². The molecule has 2 aromatic carbocycles. The highest BCUT2D eigenvalue weighted by molar-refractivity contribution is 7.92. The minimum Gasteiger partial charge on any atom is -0.494 e. The van der Waals surface area contributed by atoms with Gasteiger partial charge in [0.1, 0.15) is 5.75 Å². The van der Waals surface area contributed by atoms with E-state index in [0.29, 0.717) is 17.1 Å². The van der Waals surface area contributed by atoms with Crippen molar-refractivity contribution in [1.29, 1.82) is 0 Å². The largest absolute Gasteiger partial charge is 0.494 e. The highest BCUT2D eigenvalue weighted by atomic mass is 32.2. The van der Waals surface area contributed by atoms with Crippen LogP contribution in [-0.2, 0) is 14.8 Å². The topological polar surface area (TPSA) is 102 Å². The molecule has 0 aliphatic rings. The van der Waals surface area contributed by atoms with Gasteiger partial charge in [-0.2, -0.15) is 5.10 Å². The Hall–Kier alpha value is -3.33. The third-order valence-corrected chi connectivity index (χ3v) is 5.56. The summed E-state index contributed by atoms with van der Waals surface area (Å²) in [5.41, 5.74) is 1.56. The van der Waals surface area contributed by atoms with E-state index in [9.17, 15) is 13.2 Å². The number of anilines is 2. The Morgan fingerprint density at radius 1 is 1.17 bits per heavy atom. The van der Waals surface area contributed by atoms with Gasteiger partial charge in [0, 0.05) is 24.1 Å². The van der Waals surface area contributed by atoms with Gasteiger partial charge < -0.3 is 10.1 Å². The number of benzene rings is 2. The molecule has 0 saturated carbocycles. The Kier molecular flexibility index (Phi) is 6.18. The maximum atomic E-state index is 13.0. The standard InChI is InChI=1S/C20H22N4O4S/c1-3-29(26,27)23-17-11-10-16(14-18(17)28-2)22-20(25)19(24-13-7-12-21-24)15-8-5-4-6-9-15/h4-14,19,23H,3H2,1-2H3,(H,22,25). The molecule has 9 heteroatoms. The lowest BCUT2D eigenvalue weighted by atomic mass is 10.1. The molecule has 0 radical (unpaired) electrons. The molecule has 1 aromatic heterocycles. The maximum absolute atomic E-state index is 13.0. The molecule has 0 bridgehead atoms. The molecule has 0 fully saturated rings. The summed E-state index contributed by atoms with van der Waals surface area (Å²) in [6.45, 7) is 1.54. The zero-order chi connectivity index (χ0) is 20.9. The normalized spacial score (nSPS) is 12.2. The minimum absolute atomic E-state index is 0.0583. The van der Waals surface area contributed by atoms with Gasteiger partial charge in [0.25, 0.3) is 5.91 Å². The first-order valence-corrected chi connectivity index (χ1v) is 10.6. The highest BCUT2D eigenvalue weighted by Gasteiger charge is 2.23. The molecule has 1 atom stereocenters. The molecule has 2 N–H and O–H groups in total. The van der Waals surface area contributed by atoms with E-state index < -0.39 is 16.1 Å². The number of sulfonamides is 1. The third-order valence-electron chi connectivity index (χ3n) is 4.27. The van der Waals surface area contributed by atoms with Crippen LogP contribution < -0.4 is 14.8 Å². The lowest BCUT2D eigenvalue weighted by molar-refractivity contribution is -0.118. The SMILES string of the molecule is CCS(=O)(=O)Nc1ccc(NC(=O)C(c2ccccc2)n2cccn2)cc1OC. The fourth-order valence-electron chi connectivity index (χ4n) is 2.80. The van der Waals surface area contributed by atoms with Crippen LogP contribution in [0.3, 0.4) is 0 Å². The van der Waals surface area contributed by atoms with Crippen LogP contribution in [0.25, 0.3) is 0 Å². The molecule has 1 heterocycles. The summed E-state index contributed by atoms with van der Waals surface area (Å²) in [6, 6.07) is 15.1. The van der Waals surface area contributed by atoms with E-state index >= 15 is 0 Å². The molecule has 0 aliphatic carbocycles. The molecular weight excluding hydrogens is 392 g/mol. The molecule has 1 unspecified atom stereocenters. The Morgan fingerprint density at radius 3 is 2.55 bits per heavy atom. The highest BCUT2D eigenvalue weighted by Crippen LogP contribution is 2.29. The van der Waals surface area contributed by atoms with Crippen molar-refractivity contribution < 1.29 is 17.9 Å². The number of carbonyl (C=O) groups excluding carboxylic acids is 1. The van der Waals surface area contributed by atoms with Crippen molar-refractivity contribution in [3.05, 3.63) is 72.6 Å².